The fourth-order valence-corrected chi connectivity index (χ4v) is 2.46. The summed E-state index contributed by atoms with van der Waals surface area (Å²) >= 11 is 0. The molecule has 2 N–H and O–H groups in total. The van der Waals surface area contributed by atoms with Crippen LogP contribution in [0.4, 0.5) is 4.39 Å². The number of amides is 1. The van der Waals surface area contributed by atoms with Gasteiger partial charge < -0.3 is 20.3 Å². The van der Waals surface area contributed by atoms with Gasteiger partial charge in [-0.15, -0.1) is 0 Å². The highest BCUT2D eigenvalue weighted by molar-refractivity contribution is 5.78. The van der Waals surface area contributed by atoms with E-state index in [2.05, 4.69) is 22.6 Å². The van der Waals surface area contributed by atoms with E-state index in [0.717, 1.165) is 25.3 Å². The predicted molar refractivity (Wildman–Crippen MR) is 83.1 cm³/mol. The van der Waals surface area contributed by atoms with Crippen molar-refractivity contribution in [1.82, 2.24) is 15.5 Å². The average molecular weight is 309 g/mol. The molecule has 6 heteroatoms. The Labute approximate surface area is 130 Å². The highest BCUT2D eigenvalue weighted by Gasteiger charge is 2.17. The van der Waals surface area contributed by atoms with E-state index in [1.165, 1.54) is 12.1 Å². The molecule has 1 amide bonds. The Morgan fingerprint density at radius 3 is 2.86 bits per heavy atom. The molecule has 0 aliphatic carbocycles. The second-order valence-electron chi connectivity index (χ2n) is 5.73. The molecule has 1 aliphatic rings. The number of nitrogens with zero attached hydrogens (tertiary/aromatic N) is 1. The minimum absolute atomic E-state index is 0.0824. The molecule has 2 rings (SSSR count). The monoisotopic (exact) mass is 309 g/mol. The number of benzene rings is 1. The van der Waals surface area contributed by atoms with E-state index in [0.29, 0.717) is 6.54 Å². The first-order valence-corrected chi connectivity index (χ1v) is 7.60. The van der Waals surface area contributed by atoms with Crippen LogP contribution in [0.15, 0.2) is 24.3 Å². The summed E-state index contributed by atoms with van der Waals surface area (Å²) in [5.74, 6) is -0.359. The minimum atomic E-state index is -0.276. The van der Waals surface area contributed by atoms with Gasteiger partial charge >= 0.3 is 0 Å². The molecule has 1 heterocycles. The van der Waals surface area contributed by atoms with E-state index in [1.54, 1.807) is 12.1 Å². The Balaban J connectivity index is 1.68. The lowest BCUT2D eigenvalue weighted by Gasteiger charge is -2.30. The van der Waals surface area contributed by atoms with Crippen LogP contribution in [0.2, 0.25) is 0 Å². The van der Waals surface area contributed by atoms with Crippen LogP contribution in [0.3, 0.4) is 0 Å². The first-order chi connectivity index (χ1) is 10.5. The maximum absolute atomic E-state index is 12.9. The van der Waals surface area contributed by atoms with Crippen molar-refractivity contribution in [2.75, 3.05) is 39.8 Å². The Morgan fingerprint density at radius 2 is 2.18 bits per heavy atom. The van der Waals surface area contributed by atoms with E-state index in [-0.39, 0.29) is 30.4 Å². The maximum atomic E-state index is 12.9. The topological polar surface area (TPSA) is 53.6 Å². The molecule has 0 radical (unpaired) electrons. The number of likely N-dealkylation sites (N-methyl/N-ethyl adjacent to an activating group) is 1. The molecule has 1 saturated heterocycles. The molecule has 2 atom stereocenters. The number of carbonyl (C=O) groups is 1. The highest BCUT2D eigenvalue weighted by Crippen LogP contribution is 2.12. The number of morpholine rings is 1. The zero-order chi connectivity index (χ0) is 15.9. The number of ether oxygens (including phenoxy) is 1. The van der Waals surface area contributed by atoms with Gasteiger partial charge in [0.15, 0.2) is 0 Å². The molecule has 0 unspecified atom stereocenters. The molecule has 0 saturated carbocycles. The number of nitrogens with one attached hydrogen (secondary N) is 2. The van der Waals surface area contributed by atoms with Crippen molar-refractivity contribution in [3.8, 4) is 0 Å². The number of hydrogen-bond donors (Lipinski definition) is 2. The minimum Gasteiger partial charge on any atom is -0.374 e. The van der Waals surface area contributed by atoms with Gasteiger partial charge in [0.1, 0.15) is 5.82 Å². The number of halogens is 1. The molecule has 0 bridgehead atoms. The number of rotatable bonds is 6. The lowest BCUT2D eigenvalue weighted by molar-refractivity contribution is -0.121. The second kappa shape index (κ2) is 8.22. The molecule has 1 aromatic carbocycles. The first-order valence-electron chi connectivity index (χ1n) is 7.60. The van der Waals surface area contributed by atoms with Crippen molar-refractivity contribution in [1.29, 1.82) is 0 Å². The van der Waals surface area contributed by atoms with E-state index < -0.39 is 0 Å². The Hall–Kier alpha value is -1.50. The van der Waals surface area contributed by atoms with Gasteiger partial charge in [0.2, 0.25) is 5.91 Å². The van der Waals surface area contributed by atoms with Crippen molar-refractivity contribution in [3.05, 3.63) is 35.6 Å². The quantitative estimate of drug-likeness (QED) is 0.821. The van der Waals surface area contributed by atoms with Gasteiger partial charge in [0, 0.05) is 19.6 Å². The standard InChI is InChI=1S/C16H24FN3O2/c1-12(13-3-5-14(17)6-4-13)19-16(21)10-18-9-15-11-20(2)7-8-22-15/h3-6,12,15,18H,7-11H2,1-2H3,(H,19,21)/t12-,15-/m0/s1. The zero-order valence-corrected chi connectivity index (χ0v) is 13.1. The third-order valence-corrected chi connectivity index (χ3v) is 3.75. The Morgan fingerprint density at radius 1 is 1.45 bits per heavy atom. The third-order valence-electron chi connectivity index (χ3n) is 3.75. The molecule has 1 aliphatic heterocycles. The average Bonchev–Trinajstić information content (AvgIpc) is 2.48. The number of carbonyl (C=O) groups excluding carboxylic acids is 1. The van der Waals surface area contributed by atoms with Crippen LogP contribution in [-0.4, -0.2) is 56.7 Å². The fraction of sp³-hybridized carbons (Fsp3) is 0.562. The maximum Gasteiger partial charge on any atom is 0.234 e. The summed E-state index contributed by atoms with van der Waals surface area (Å²) in [5.41, 5.74) is 0.881. The van der Waals surface area contributed by atoms with E-state index in [9.17, 15) is 9.18 Å². The smallest absolute Gasteiger partial charge is 0.234 e. The largest absolute Gasteiger partial charge is 0.374 e. The summed E-state index contributed by atoms with van der Waals surface area (Å²) in [5, 5.41) is 6.00. The molecule has 0 aromatic heterocycles. The summed E-state index contributed by atoms with van der Waals surface area (Å²) in [6, 6.07) is 6.01. The van der Waals surface area contributed by atoms with Gasteiger partial charge in [-0.2, -0.15) is 0 Å². The van der Waals surface area contributed by atoms with E-state index in [4.69, 9.17) is 4.74 Å². The summed E-state index contributed by atoms with van der Waals surface area (Å²) in [4.78, 5) is 14.1. The summed E-state index contributed by atoms with van der Waals surface area (Å²) in [6.07, 6.45) is 0.126. The van der Waals surface area contributed by atoms with Crippen molar-refractivity contribution in [3.63, 3.8) is 0 Å². The lowest BCUT2D eigenvalue weighted by atomic mass is 10.1. The summed E-state index contributed by atoms with van der Waals surface area (Å²) < 4.78 is 18.5. The molecule has 22 heavy (non-hydrogen) atoms. The van der Waals surface area contributed by atoms with Crippen LogP contribution in [0.5, 0.6) is 0 Å². The molecule has 0 spiro atoms. The van der Waals surface area contributed by atoms with E-state index >= 15 is 0 Å². The van der Waals surface area contributed by atoms with Crippen molar-refractivity contribution < 1.29 is 13.9 Å². The van der Waals surface area contributed by atoms with Crippen molar-refractivity contribution >= 4 is 5.91 Å². The van der Waals surface area contributed by atoms with Crippen LogP contribution in [-0.2, 0) is 9.53 Å². The van der Waals surface area contributed by atoms with Crippen LogP contribution in [0.1, 0.15) is 18.5 Å². The summed E-state index contributed by atoms with van der Waals surface area (Å²) in [7, 11) is 2.06. The Bertz CT molecular complexity index is 481. The van der Waals surface area contributed by atoms with Gasteiger partial charge in [-0.3, -0.25) is 4.79 Å². The van der Waals surface area contributed by atoms with Crippen LogP contribution >= 0.6 is 0 Å². The van der Waals surface area contributed by atoms with Crippen LogP contribution in [0.25, 0.3) is 0 Å². The van der Waals surface area contributed by atoms with E-state index in [1.807, 2.05) is 6.92 Å². The number of hydrogen-bond acceptors (Lipinski definition) is 4. The van der Waals surface area contributed by atoms with Gasteiger partial charge in [0.25, 0.3) is 0 Å². The van der Waals surface area contributed by atoms with Crippen molar-refractivity contribution in [2.45, 2.75) is 19.1 Å². The molecule has 1 fully saturated rings. The lowest BCUT2D eigenvalue weighted by Crippen LogP contribution is -2.46. The SMILES string of the molecule is C[C@H](NC(=O)CNC[C@H]1CN(C)CCO1)c1ccc(F)cc1. The van der Waals surface area contributed by atoms with Gasteiger partial charge in [-0.25, -0.2) is 4.39 Å². The normalized spacial score (nSPS) is 20.6. The summed E-state index contributed by atoms with van der Waals surface area (Å²) in [6.45, 7) is 5.34. The van der Waals surface area contributed by atoms with Crippen molar-refractivity contribution in [2.24, 2.45) is 0 Å². The highest BCUT2D eigenvalue weighted by atomic mass is 19.1. The van der Waals surface area contributed by atoms with Gasteiger partial charge in [-0.1, -0.05) is 12.1 Å². The Kier molecular flexibility index (Phi) is 6.30. The first kappa shape index (κ1) is 16.9. The fourth-order valence-electron chi connectivity index (χ4n) is 2.46. The zero-order valence-electron chi connectivity index (χ0n) is 13.1. The van der Waals surface area contributed by atoms with Gasteiger partial charge in [-0.05, 0) is 31.7 Å². The predicted octanol–water partition coefficient (Wildman–Crippen LogP) is 0.923. The molecule has 1 aromatic rings. The molecule has 122 valence electrons. The second-order valence-corrected chi connectivity index (χ2v) is 5.73. The van der Waals surface area contributed by atoms with Crippen LogP contribution < -0.4 is 10.6 Å². The molecular formula is C16H24FN3O2. The molecular weight excluding hydrogens is 285 g/mol. The van der Waals surface area contributed by atoms with Gasteiger partial charge in [0.05, 0.1) is 25.3 Å². The molecule has 5 nitrogen and oxygen atoms in total. The van der Waals surface area contributed by atoms with Crippen LogP contribution in [0, 0.1) is 5.82 Å². The third kappa shape index (κ3) is 5.36.